The van der Waals surface area contributed by atoms with Gasteiger partial charge in [-0.1, -0.05) is 34.6 Å². The molecule has 0 saturated carbocycles. The van der Waals surface area contributed by atoms with Crippen molar-refractivity contribution in [1.29, 1.82) is 0 Å². The predicted molar refractivity (Wildman–Crippen MR) is 74.3 cm³/mol. The van der Waals surface area contributed by atoms with Gasteiger partial charge in [0.15, 0.2) is 0 Å². The molecule has 1 heterocycles. The van der Waals surface area contributed by atoms with Gasteiger partial charge in [-0.25, -0.2) is 0 Å². The van der Waals surface area contributed by atoms with Crippen LogP contribution < -0.4 is 5.73 Å². The number of nitrogens with zero attached hydrogens (tertiary/aromatic N) is 1. The molecule has 2 N–H and O–H groups in total. The molecule has 1 aliphatic rings. The SMILES string of the molecule is CC(C)(C)CC(=O)N1CCC(N)C(C)(C)C1.Cl. The van der Waals surface area contributed by atoms with Gasteiger partial charge in [0.25, 0.3) is 0 Å². The van der Waals surface area contributed by atoms with E-state index >= 15 is 0 Å². The number of piperidine rings is 1. The first-order chi connectivity index (χ1) is 7.12. The third-order valence-electron chi connectivity index (χ3n) is 3.35. The molecule has 0 aromatic heterocycles. The van der Waals surface area contributed by atoms with Crippen molar-refractivity contribution in [2.75, 3.05) is 13.1 Å². The molecule has 0 bridgehead atoms. The molecule has 0 aliphatic carbocycles. The van der Waals surface area contributed by atoms with Gasteiger partial charge in [-0.05, 0) is 17.3 Å². The molecule has 0 aromatic carbocycles. The van der Waals surface area contributed by atoms with E-state index in [0.29, 0.717) is 6.42 Å². The number of carbonyl (C=O) groups excluding carboxylic acids is 1. The number of amides is 1. The van der Waals surface area contributed by atoms with Gasteiger partial charge in [0.05, 0.1) is 0 Å². The number of rotatable bonds is 1. The summed E-state index contributed by atoms with van der Waals surface area (Å²) in [5.41, 5.74) is 6.18. The fourth-order valence-corrected chi connectivity index (χ4v) is 2.15. The molecular weight excluding hydrogens is 236 g/mol. The van der Waals surface area contributed by atoms with Gasteiger partial charge >= 0.3 is 0 Å². The predicted octanol–water partition coefficient (Wildman–Crippen LogP) is 2.43. The van der Waals surface area contributed by atoms with Crippen molar-refractivity contribution in [1.82, 2.24) is 4.90 Å². The monoisotopic (exact) mass is 262 g/mol. The van der Waals surface area contributed by atoms with Crippen LogP contribution in [0.15, 0.2) is 0 Å². The van der Waals surface area contributed by atoms with E-state index in [4.69, 9.17) is 5.73 Å². The van der Waals surface area contributed by atoms with Crippen molar-refractivity contribution >= 4 is 18.3 Å². The number of halogens is 1. The standard InChI is InChI=1S/C13H26N2O.ClH/c1-12(2,3)8-11(16)15-7-6-10(14)13(4,5)9-15;/h10H,6-9,14H2,1-5H3;1H. The normalized spacial score (nSPS) is 24.1. The molecule has 102 valence electrons. The van der Waals surface area contributed by atoms with E-state index in [-0.39, 0.29) is 35.2 Å². The van der Waals surface area contributed by atoms with Crippen LogP contribution in [-0.4, -0.2) is 29.9 Å². The number of hydrogen-bond donors (Lipinski definition) is 1. The first kappa shape index (κ1) is 16.7. The first-order valence-corrected chi connectivity index (χ1v) is 6.15. The second-order valence-electron chi connectivity index (χ2n) is 6.94. The van der Waals surface area contributed by atoms with Gasteiger partial charge in [-0.3, -0.25) is 4.79 Å². The van der Waals surface area contributed by atoms with E-state index < -0.39 is 0 Å². The van der Waals surface area contributed by atoms with Crippen LogP contribution in [0.25, 0.3) is 0 Å². The molecule has 4 heteroatoms. The summed E-state index contributed by atoms with van der Waals surface area (Å²) in [5.74, 6) is 0.271. The fraction of sp³-hybridized carbons (Fsp3) is 0.923. The topological polar surface area (TPSA) is 46.3 Å². The zero-order valence-electron chi connectivity index (χ0n) is 11.7. The Labute approximate surface area is 112 Å². The van der Waals surface area contributed by atoms with Crippen molar-refractivity contribution < 1.29 is 4.79 Å². The highest BCUT2D eigenvalue weighted by Crippen LogP contribution is 2.29. The van der Waals surface area contributed by atoms with Gasteiger partial charge in [0.1, 0.15) is 0 Å². The van der Waals surface area contributed by atoms with Gasteiger partial charge in [-0.15, -0.1) is 12.4 Å². The molecular formula is C13H27ClN2O. The second kappa shape index (κ2) is 5.57. The molecule has 0 spiro atoms. The van der Waals surface area contributed by atoms with Crippen LogP contribution in [0.2, 0.25) is 0 Å². The molecule has 0 radical (unpaired) electrons. The fourth-order valence-electron chi connectivity index (χ4n) is 2.15. The lowest BCUT2D eigenvalue weighted by Crippen LogP contribution is -2.54. The van der Waals surface area contributed by atoms with Crippen molar-refractivity contribution in [3.63, 3.8) is 0 Å². The smallest absolute Gasteiger partial charge is 0.223 e. The van der Waals surface area contributed by atoms with Crippen molar-refractivity contribution in [3.8, 4) is 0 Å². The maximum absolute atomic E-state index is 12.1. The third-order valence-corrected chi connectivity index (χ3v) is 3.35. The summed E-state index contributed by atoms with van der Waals surface area (Å²) in [6.45, 7) is 12.2. The molecule has 1 atom stereocenters. The Morgan fingerprint density at radius 2 is 1.94 bits per heavy atom. The maximum Gasteiger partial charge on any atom is 0.223 e. The molecule has 1 unspecified atom stereocenters. The largest absolute Gasteiger partial charge is 0.342 e. The molecule has 0 aromatic rings. The Balaban J connectivity index is 0.00000256. The lowest BCUT2D eigenvalue weighted by atomic mass is 9.79. The maximum atomic E-state index is 12.1. The van der Waals surface area contributed by atoms with Crippen molar-refractivity contribution in [3.05, 3.63) is 0 Å². The van der Waals surface area contributed by atoms with E-state index in [0.717, 1.165) is 19.5 Å². The van der Waals surface area contributed by atoms with E-state index in [2.05, 4.69) is 34.6 Å². The van der Waals surface area contributed by atoms with E-state index in [1.807, 2.05) is 4.90 Å². The zero-order chi connectivity index (χ0) is 12.6. The number of hydrogen-bond acceptors (Lipinski definition) is 2. The number of nitrogens with two attached hydrogens (primary N) is 1. The third kappa shape index (κ3) is 4.84. The van der Waals surface area contributed by atoms with E-state index in [9.17, 15) is 4.79 Å². The number of carbonyl (C=O) groups is 1. The summed E-state index contributed by atoms with van der Waals surface area (Å²) in [5, 5.41) is 0. The van der Waals surface area contributed by atoms with Crippen LogP contribution in [-0.2, 0) is 4.79 Å². The quantitative estimate of drug-likeness (QED) is 0.789. The molecule has 1 amide bonds. The minimum Gasteiger partial charge on any atom is -0.342 e. The highest BCUT2D eigenvalue weighted by molar-refractivity contribution is 5.85. The van der Waals surface area contributed by atoms with Crippen LogP contribution in [0.5, 0.6) is 0 Å². The van der Waals surface area contributed by atoms with Crippen LogP contribution in [0.3, 0.4) is 0 Å². The average Bonchev–Trinajstić information content (AvgIpc) is 2.06. The molecule has 1 saturated heterocycles. The lowest BCUT2D eigenvalue weighted by molar-refractivity contribution is -0.136. The van der Waals surface area contributed by atoms with Crippen LogP contribution in [0, 0.1) is 10.8 Å². The summed E-state index contributed by atoms with van der Waals surface area (Å²) in [7, 11) is 0. The minimum atomic E-state index is 0. The molecule has 1 fully saturated rings. The second-order valence-corrected chi connectivity index (χ2v) is 6.94. The Morgan fingerprint density at radius 3 is 2.35 bits per heavy atom. The highest BCUT2D eigenvalue weighted by Gasteiger charge is 2.35. The van der Waals surface area contributed by atoms with Gasteiger partial charge in [0.2, 0.25) is 5.91 Å². The summed E-state index contributed by atoms with van der Waals surface area (Å²) < 4.78 is 0. The summed E-state index contributed by atoms with van der Waals surface area (Å²) in [6.07, 6.45) is 1.54. The summed E-state index contributed by atoms with van der Waals surface area (Å²) in [4.78, 5) is 14.1. The van der Waals surface area contributed by atoms with Crippen molar-refractivity contribution in [2.45, 2.75) is 53.5 Å². The van der Waals surface area contributed by atoms with Gasteiger partial charge < -0.3 is 10.6 Å². The Morgan fingerprint density at radius 1 is 1.41 bits per heavy atom. The van der Waals surface area contributed by atoms with E-state index in [1.165, 1.54) is 0 Å². The molecule has 17 heavy (non-hydrogen) atoms. The molecule has 1 rings (SSSR count). The van der Waals surface area contributed by atoms with E-state index in [1.54, 1.807) is 0 Å². The Kier molecular flexibility index (Phi) is 5.48. The Bertz CT molecular complexity index is 271. The summed E-state index contributed by atoms with van der Waals surface area (Å²) >= 11 is 0. The zero-order valence-corrected chi connectivity index (χ0v) is 12.6. The van der Waals surface area contributed by atoms with Gasteiger partial charge in [0, 0.05) is 25.6 Å². The molecule has 3 nitrogen and oxygen atoms in total. The summed E-state index contributed by atoms with van der Waals surface area (Å²) in [6, 6.07) is 0.214. The van der Waals surface area contributed by atoms with Gasteiger partial charge in [-0.2, -0.15) is 0 Å². The molecule has 1 aliphatic heterocycles. The van der Waals surface area contributed by atoms with Crippen LogP contribution in [0.4, 0.5) is 0 Å². The lowest BCUT2D eigenvalue weighted by Gasteiger charge is -2.43. The Hall–Kier alpha value is -0.280. The average molecular weight is 263 g/mol. The highest BCUT2D eigenvalue weighted by atomic mass is 35.5. The minimum absolute atomic E-state index is 0. The van der Waals surface area contributed by atoms with Crippen molar-refractivity contribution in [2.24, 2.45) is 16.6 Å². The van der Waals surface area contributed by atoms with Crippen LogP contribution >= 0.6 is 12.4 Å². The van der Waals surface area contributed by atoms with Crippen LogP contribution in [0.1, 0.15) is 47.5 Å². The first-order valence-electron chi connectivity index (χ1n) is 6.15. The number of likely N-dealkylation sites (tertiary alicyclic amines) is 1.